The van der Waals surface area contributed by atoms with Crippen molar-refractivity contribution in [3.63, 3.8) is 0 Å². The van der Waals surface area contributed by atoms with Crippen molar-refractivity contribution in [3.05, 3.63) is 28.8 Å². The van der Waals surface area contributed by atoms with E-state index in [-0.39, 0.29) is 18.4 Å². The molecule has 0 heterocycles. The van der Waals surface area contributed by atoms with Gasteiger partial charge in [0.1, 0.15) is 11.3 Å². The van der Waals surface area contributed by atoms with Gasteiger partial charge in [0.15, 0.2) is 6.61 Å². The third-order valence-corrected chi connectivity index (χ3v) is 3.95. The molecule has 0 bridgehead atoms. The van der Waals surface area contributed by atoms with Gasteiger partial charge in [-0.1, -0.05) is 11.6 Å². The number of aryl methyl sites for hydroxylation is 1. The minimum atomic E-state index is -0.781. The molecule has 1 atom stereocenters. The van der Waals surface area contributed by atoms with Gasteiger partial charge in [0, 0.05) is 5.02 Å². The van der Waals surface area contributed by atoms with E-state index < -0.39 is 5.54 Å². The molecule has 0 unspecified atom stereocenters. The van der Waals surface area contributed by atoms with Gasteiger partial charge in [-0.05, 0) is 56.4 Å². The molecule has 1 amide bonds. The predicted molar refractivity (Wildman–Crippen MR) is 76.6 cm³/mol. The molecule has 1 aliphatic rings. The Bertz CT molecular complexity index is 563. The first-order chi connectivity index (χ1) is 9.44. The van der Waals surface area contributed by atoms with E-state index >= 15 is 0 Å². The van der Waals surface area contributed by atoms with Gasteiger partial charge in [-0.15, -0.1) is 0 Å². The molecule has 1 aromatic rings. The minimum Gasteiger partial charge on any atom is -0.484 e. The van der Waals surface area contributed by atoms with Gasteiger partial charge in [0.25, 0.3) is 5.91 Å². The van der Waals surface area contributed by atoms with Crippen LogP contribution in [0, 0.1) is 24.2 Å². The number of halogens is 1. The second-order valence-electron chi connectivity index (χ2n) is 5.34. The molecule has 5 heteroatoms. The van der Waals surface area contributed by atoms with E-state index in [4.69, 9.17) is 16.3 Å². The van der Waals surface area contributed by atoms with Crippen molar-refractivity contribution >= 4 is 17.5 Å². The van der Waals surface area contributed by atoms with E-state index in [1.54, 1.807) is 25.1 Å². The summed E-state index contributed by atoms with van der Waals surface area (Å²) in [6, 6.07) is 7.40. The Balaban J connectivity index is 1.89. The van der Waals surface area contributed by atoms with Crippen LogP contribution in [0.4, 0.5) is 0 Å². The second kappa shape index (κ2) is 5.72. The van der Waals surface area contributed by atoms with Crippen molar-refractivity contribution in [2.24, 2.45) is 5.92 Å². The van der Waals surface area contributed by atoms with Crippen molar-refractivity contribution in [2.45, 2.75) is 32.2 Å². The predicted octanol–water partition coefficient (Wildman–Crippen LogP) is 2.84. The van der Waals surface area contributed by atoms with Crippen LogP contribution < -0.4 is 10.1 Å². The zero-order valence-corrected chi connectivity index (χ0v) is 12.3. The van der Waals surface area contributed by atoms with Gasteiger partial charge in [-0.25, -0.2) is 0 Å². The lowest BCUT2D eigenvalue weighted by atomic mass is 9.98. The fraction of sp³-hybridized carbons (Fsp3) is 0.467. The molecule has 2 rings (SSSR count). The molecule has 0 radical (unpaired) electrons. The molecule has 1 fully saturated rings. The highest BCUT2D eigenvalue weighted by atomic mass is 35.5. The number of nitrogens with one attached hydrogen (secondary N) is 1. The number of amides is 1. The number of hydrogen-bond acceptors (Lipinski definition) is 3. The Morgan fingerprint density at radius 2 is 2.30 bits per heavy atom. The Labute approximate surface area is 123 Å². The van der Waals surface area contributed by atoms with Crippen LogP contribution in [0.5, 0.6) is 5.75 Å². The van der Waals surface area contributed by atoms with Crippen LogP contribution in [0.2, 0.25) is 5.02 Å². The first kappa shape index (κ1) is 14.7. The first-order valence-corrected chi connectivity index (χ1v) is 6.93. The van der Waals surface area contributed by atoms with Gasteiger partial charge in [-0.3, -0.25) is 4.79 Å². The fourth-order valence-corrected chi connectivity index (χ4v) is 2.18. The monoisotopic (exact) mass is 292 g/mol. The molecule has 1 aliphatic carbocycles. The molecule has 1 aromatic carbocycles. The second-order valence-corrected chi connectivity index (χ2v) is 5.74. The first-order valence-electron chi connectivity index (χ1n) is 6.56. The van der Waals surface area contributed by atoms with Gasteiger partial charge in [-0.2, -0.15) is 5.26 Å². The van der Waals surface area contributed by atoms with E-state index in [1.807, 2.05) is 6.92 Å². The van der Waals surface area contributed by atoms with Crippen LogP contribution >= 0.6 is 11.6 Å². The Morgan fingerprint density at radius 3 is 2.85 bits per heavy atom. The quantitative estimate of drug-likeness (QED) is 0.908. The average molecular weight is 293 g/mol. The normalized spacial score (nSPS) is 16.9. The molecule has 0 aliphatic heterocycles. The summed E-state index contributed by atoms with van der Waals surface area (Å²) in [4.78, 5) is 11.9. The molecule has 0 saturated heterocycles. The molecular formula is C15H17ClN2O2. The van der Waals surface area contributed by atoms with Crippen molar-refractivity contribution in [1.82, 2.24) is 5.32 Å². The highest BCUT2D eigenvalue weighted by Crippen LogP contribution is 2.39. The zero-order valence-electron chi connectivity index (χ0n) is 11.6. The maximum atomic E-state index is 11.9. The topological polar surface area (TPSA) is 62.1 Å². The van der Waals surface area contributed by atoms with Crippen molar-refractivity contribution < 1.29 is 9.53 Å². The number of hydrogen-bond donors (Lipinski definition) is 1. The number of rotatable bonds is 5. The summed E-state index contributed by atoms with van der Waals surface area (Å²) in [5.74, 6) is 0.565. The third kappa shape index (κ3) is 3.43. The average Bonchev–Trinajstić information content (AvgIpc) is 3.25. The van der Waals surface area contributed by atoms with E-state index in [0.29, 0.717) is 10.8 Å². The summed E-state index contributed by atoms with van der Waals surface area (Å²) < 4.78 is 5.41. The van der Waals surface area contributed by atoms with Crippen LogP contribution in [0.1, 0.15) is 25.3 Å². The standard InChI is InChI=1S/C15H17ClN2O2/c1-10-7-12(5-6-13(10)16)20-8-14(19)18-15(2,9-17)11-3-4-11/h5-7,11H,3-4,8H2,1-2H3,(H,18,19)/t15-/m0/s1. The third-order valence-electron chi connectivity index (χ3n) is 3.52. The molecule has 0 aromatic heterocycles. The Morgan fingerprint density at radius 1 is 1.60 bits per heavy atom. The SMILES string of the molecule is Cc1cc(OCC(=O)N[C@@](C)(C#N)C2CC2)ccc1Cl. The van der Waals surface area contributed by atoms with Crippen LogP contribution in [-0.2, 0) is 4.79 Å². The molecule has 1 N–H and O–H groups in total. The number of carbonyl (C=O) groups is 1. The minimum absolute atomic E-state index is 0.106. The number of ether oxygens (including phenoxy) is 1. The Kier molecular flexibility index (Phi) is 4.20. The van der Waals surface area contributed by atoms with Crippen molar-refractivity contribution in [3.8, 4) is 11.8 Å². The van der Waals surface area contributed by atoms with Crippen molar-refractivity contribution in [2.75, 3.05) is 6.61 Å². The highest BCUT2D eigenvalue weighted by molar-refractivity contribution is 6.31. The van der Waals surface area contributed by atoms with Crippen LogP contribution in [-0.4, -0.2) is 18.1 Å². The van der Waals surface area contributed by atoms with E-state index in [2.05, 4.69) is 11.4 Å². The summed E-state index contributed by atoms with van der Waals surface area (Å²) in [6.45, 7) is 3.52. The van der Waals surface area contributed by atoms with Crippen LogP contribution in [0.15, 0.2) is 18.2 Å². The van der Waals surface area contributed by atoms with E-state index in [9.17, 15) is 10.1 Å². The van der Waals surface area contributed by atoms with Gasteiger partial charge >= 0.3 is 0 Å². The lowest BCUT2D eigenvalue weighted by Crippen LogP contribution is -2.48. The molecular weight excluding hydrogens is 276 g/mol. The smallest absolute Gasteiger partial charge is 0.259 e. The van der Waals surface area contributed by atoms with E-state index in [0.717, 1.165) is 18.4 Å². The van der Waals surface area contributed by atoms with Crippen LogP contribution in [0.25, 0.3) is 0 Å². The molecule has 106 valence electrons. The maximum Gasteiger partial charge on any atom is 0.259 e. The summed E-state index contributed by atoms with van der Waals surface area (Å²) in [6.07, 6.45) is 1.98. The number of nitriles is 1. The summed E-state index contributed by atoms with van der Waals surface area (Å²) >= 11 is 5.92. The van der Waals surface area contributed by atoms with Crippen LogP contribution in [0.3, 0.4) is 0 Å². The van der Waals surface area contributed by atoms with Gasteiger partial charge in [0.2, 0.25) is 0 Å². The molecule has 1 saturated carbocycles. The molecule has 4 nitrogen and oxygen atoms in total. The Hall–Kier alpha value is -1.73. The zero-order chi connectivity index (χ0) is 14.8. The van der Waals surface area contributed by atoms with Gasteiger partial charge in [0.05, 0.1) is 6.07 Å². The number of benzene rings is 1. The van der Waals surface area contributed by atoms with E-state index in [1.165, 1.54) is 0 Å². The number of nitrogens with zero attached hydrogens (tertiary/aromatic N) is 1. The molecule has 20 heavy (non-hydrogen) atoms. The summed E-state index contributed by atoms with van der Waals surface area (Å²) in [5.41, 5.74) is 0.112. The lowest BCUT2D eigenvalue weighted by Gasteiger charge is -2.22. The lowest BCUT2D eigenvalue weighted by molar-refractivity contribution is -0.124. The van der Waals surface area contributed by atoms with Crippen molar-refractivity contribution in [1.29, 1.82) is 5.26 Å². The highest BCUT2D eigenvalue weighted by Gasteiger charge is 2.43. The largest absolute Gasteiger partial charge is 0.484 e. The summed E-state index contributed by atoms with van der Waals surface area (Å²) in [7, 11) is 0. The summed E-state index contributed by atoms with van der Waals surface area (Å²) in [5, 5.41) is 12.6. The molecule has 0 spiro atoms. The van der Waals surface area contributed by atoms with Gasteiger partial charge < -0.3 is 10.1 Å². The maximum absolute atomic E-state index is 11.9. The number of carbonyl (C=O) groups excluding carboxylic acids is 1. The fourth-order valence-electron chi connectivity index (χ4n) is 2.06.